The summed E-state index contributed by atoms with van der Waals surface area (Å²) >= 11 is 0. The largest absolute Gasteiger partial charge is 0.505 e. The Morgan fingerprint density at radius 3 is 2.42 bits per heavy atom. The number of halogens is 2. The molecule has 0 saturated carbocycles. The van der Waals surface area contributed by atoms with Gasteiger partial charge in [0.2, 0.25) is 0 Å². The van der Waals surface area contributed by atoms with Crippen LogP contribution in [0, 0.1) is 18.6 Å². The van der Waals surface area contributed by atoms with E-state index in [1.807, 2.05) is 0 Å². The Labute approximate surface area is 68.4 Å². The highest BCUT2D eigenvalue weighted by atomic mass is 19.1. The fourth-order valence-corrected chi connectivity index (χ4v) is 0.873. The van der Waals surface area contributed by atoms with Gasteiger partial charge in [0.25, 0.3) is 0 Å². The summed E-state index contributed by atoms with van der Waals surface area (Å²) in [7, 11) is 1.25. The lowest BCUT2D eigenvalue weighted by Crippen LogP contribution is -1.94. The molecule has 0 radical (unpaired) electrons. The molecule has 0 fully saturated rings. The van der Waals surface area contributed by atoms with Crippen molar-refractivity contribution >= 4 is 0 Å². The maximum Gasteiger partial charge on any atom is 0.171 e. The molecule has 2 nitrogen and oxygen atoms in total. The summed E-state index contributed by atoms with van der Waals surface area (Å²) in [4.78, 5) is 0. The quantitative estimate of drug-likeness (QED) is 0.705. The number of rotatable bonds is 1. The molecule has 0 aliphatic heterocycles. The van der Waals surface area contributed by atoms with Gasteiger partial charge < -0.3 is 9.84 Å². The Morgan fingerprint density at radius 1 is 1.33 bits per heavy atom. The van der Waals surface area contributed by atoms with Crippen molar-refractivity contribution in [2.45, 2.75) is 6.92 Å². The molecular formula is C8H8F2O2. The van der Waals surface area contributed by atoms with Crippen LogP contribution in [-0.2, 0) is 0 Å². The van der Waals surface area contributed by atoms with Crippen molar-refractivity contribution in [3.05, 3.63) is 23.3 Å². The van der Waals surface area contributed by atoms with Gasteiger partial charge in [0.15, 0.2) is 23.1 Å². The van der Waals surface area contributed by atoms with Gasteiger partial charge in [0.1, 0.15) is 0 Å². The van der Waals surface area contributed by atoms with Crippen molar-refractivity contribution in [3.63, 3.8) is 0 Å². The molecule has 0 saturated heterocycles. The fraction of sp³-hybridized carbons (Fsp3) is 0.250. The van der Waals surface area contributed by atoms with E-state index in [-0.39, 0.29) is 11.3 Å². The molecule has 12 heavy (non-hydrogen) atoms. The van der Waals surface area contributed by atoms with E-state index in [0.717, 1.165) is 6.07 Å². The van der Waals surface area contributed by atoms with Gasteiger partial charge in [0.05, 0.1) is 7.11 Å². The van der Waals surface area contributed by atoms with Gasteiger partial charge in [-0.1, -0.05) is 0 Å². The van der Waals surface area contributed by atoms with Crippen molar-refractivity contribution in [2.75, 3.05) is 7.11 Å². The number of phenolic OH excluding ortho intramolecular Hbond substituents is 1. The molecule has 0 atom stereocenters. The molecule has 0 aliphatic rings. The minimum atomic E-state index is -0.951. The molecule has 0 spiro atoms. The zero-order valence-electron chi connectivity index (χ0n) is 6.69. The molecular weight excluding hydrogens is 166 g/mol. The molecule has 1 rings (SSSR count). The number of ether oxygens (including phenoxy) is 1. The summed E-state index contributed by atoms with van der Waals surface area (Å²) in [5.74, 6) is -2.50. The lowest BCUT2D eigenvalue weighted by molar-refractivity contribution is 0.367. The first kappa shape index (κ1) is 8.77. The molecule has 0 amide bonds. The Hall–Kier alpha value is -1.32. The first-order valence-electron chi connectivity index (χ1n) is 3.29. The lowest BCUT2D eigenvalue weighted by Gasteiger charge is -2.06. The standard InChI is InChI=1S/C8H8F2O2/c1-4-7(9)5(11)3-6(12-2)8(4)10/h3,11H,1-2H3. The van der Waals surface area contributed by atoms with Gasteiger partial charge in [-0.2, -0.15) is 0 Å². The molecule has 1 aromatic rings. The minimum absolute atomic E-state index is 0.161. The van der Waals surface area contributed by atoms with Gasteiger partial charge in [-0.25, -0.2) is 8.78 Å². The second kappa shape index (κ2) is 2.97. The van der Waals surface area contributed by atoms with E-state index >= 15 is 0 Å². The smallest absolute Gasteiger partial charge is 0.171 e. The van der Waals surface area contributed by atoms with Crippen molar-refractivity contribution in [3.8, 4) is 11.5 Å². The van der Waals surface area contributed by atoms with Crippen LogP contribution in [0.3, 0.4) is 0 Å². The van der Waals surface area contributed by atoms with Crippen molar-refractivity contribution in [2.24, 2.45) is 0 Å². The second-order valence-corrected chi connectivity index (χ2v) is 2.35. The van der Waals surface area contributed by atoms with Gasteiger partial charge >= 0.3 is 0 Å². The minimum Gasteiger partial charge on any atom is -0.505 e. The molecule has 0 aliphatic carbocycles. The maximum absolute atomic E-state index is 13.0. The van der Waals surface area contributed by atoms with Crippen LogP contribution in [0.25, 0.3) is 0 Å². The summed E-state index contributed by atoms with van der Waals surface area (Å²) in [5, 5.41) is 8.91. The van der Waals surface area contributed by atoms with Crippen LogP contribution in [0.5, 0.6) is 11.5 Å². The van der Waals surface area contributed by atoms with Crippen LogP contribution in [0.1, 0.15) is 5.56 Å². The van der Waals surface area contributed by atoms with E-state index < -0.39 is 17.4 Å². The van der Waals surface area contributed by atoms with Gasteiger partial charge in [-0.05, 0) is 6.92 Å². The highest BCUT2D eigenvalue weighted by Gasteiger charge is 2.14. The molecule has 0 aromatic heterocycles. The number of benzene rings is 1. The van der Waals surface area contributed by atoms with Crippen LogP contribution in [-0.4, -0.2) is 12.2 Å². The molecule has 1 N–H and O–H groups in total. The molecule has 66 valence electrons. The van der Waals surface area contributed by atoms with Crippen molar-refractivity contribution in [1.82, 2.24) is 0 Å². The topological polar surface area (TPSA) is 29.5 Å². The van der Waals surface area contributed by atoms with Crippen LogP contribution in [0.15, 0.2) is 6.07 Å². The average Bonchev–Trinajstić information content (AvgIpc) is 2.08. The second-order valence-electron chi connectivity index (χ2n) is 2.35. The number of phenols is 1. The van der Waals surface area contributed by atoms with Crippen LogP contribution < -0.4 is 4.74 Å². The molecule has 0 unspecified atom stereocenters. The average molecular weight is 174 g/mol. The van der Waals surface area contributed by atoms with Crippen LogP contribution >= 0.6 is 0 Å². The first-order chi connectivity index (χ1) is 5.57. The maximum atomic E-state index is 13.0. The zero-order chi connectivity index (χ0) is 9.30. The molecule has 1 aromatic carbocycles. The van der Waals surface area contributed by atoms with Crippen molar-refractivity contribution in [1.29, 1.82) is 0 Å². The summed E-state index contributed by atoms with van der Waals surface area (Å²) in [6.07, 6.45) is 0. The van der Waals surface area contributed by atoms with Crippen LogP contribution in [0.2, 0.25) is 0 Å². The van der Waals surface area contributed by atoms with E-state index in [0.29, 0.717) is 0 Å². The monoisotopic (exact) mass is 174 g/mol. The van der Waals surface area contributed by atoms with Gasteiger partial charge in [0, 0.05) is 11.6 Å². The van der Waals surface area contributed by atoms with E-state index in [1.165, 1.54) is 14.0 Å². The van der Waals surface area contributed by atoms with E-state index in [2.05, 4.69) is 4.74 Å². The summed E-state index contributed by atoms with van der Waals surface area (Å²) in [5.41, 5.74) is -0.244. The third kappa shape index (κ3) is 1.20. The molecule has 0 heterocycles. The molecule has 4 heteroatoms. The number of hydrogen-bond acceptors (Lipinski definition) is 2. The number of aromatic hydroxyl groups is 1. The van der Waals surface area contributed by atoms with Gasteiger partial charge in [-0.3, -0.25) is 0 Å². The third-order valence-corrected chi connectivity index (χ3v) is 1.59. The highest BCUT2D eigenvalue weighted by Crippen LogP contribution is 2.29. The normalized spacial score (nSPS) is 10.0. The van der Waals surface area contributed by atoms with Crippen molar-refractivity contribution < 1.29 is 18.6 Å². The van der Waals surface area contributed by atoms with Gasteiger partial charge in [-0.15, -0.1) is 0 Å². The SMILES string of the molecule is COc1cc(O)c(F)c(C)c1F. The fourth-order valence-electron chi connectivity index (χ4n) is 0.873. The Kier molecular flexibility index (Phi) is 2.17. The summed E-state index contributed by atoms with van der Waals surface area (Å²) < 4.78 is 30.3. The van der Waals surface area contributed by atoms with Crippen LogP contribution in [0.4, 0.5) is 8.78 Å². The third-order valence-electron chi connectivity index (χ3n) is 1.59. The molecule has 0 bridgehead atoms. The van der Waals surface area contributed by atoms with E-state index in [4.69, 9.17) is 5.11 Å². The highest BCUT2D eigenvalue weighted by molar-refractivity contribution is 5.40. The number of methoxy groups -OCH3 is 1. The van der Waals surface area contributed by atoms with E-state index in [9.17, 15) is 8.78 Å². The lowest BCUT2D eigenvalue weighted by atomic mass is 10.2. The Balaban J connectivity index is 3.39. The summed E-state index contributed by atoms with van der Waals surface area (Å²) in [6.45, 7) is 1.23. The predicted molar refractivity (Wildman–Crippen MR) is 39.3 cm³/mol. The summed E-state index contributed by atoms with van der Waals surface area (Å²) in [6, 6.07) is 0.900. The Morgan fingerprint density at radius 2 is 1.92 bits per heavy atom. The predicted octanol–water partition coefficient (Wildman–Crippen LogP) is 1.99. The zero-order valence-corrected chi connectivity index (χ0v) is 6.69. The Bertz CT molecular complexity index is 310. The van der Waals surface area contributed by atoms with E-state index in [1.54, 1.807) is 0 Å². The number of hydrogen-bond donors (Lipinski definition) is 1. The first-order valence-corrected chi connectivity index (χ1v) is 3.29.